The zero-order valence-corrected chi connectivity index (χ0v) is 22.0. The quantitative estimate of drug-likeness (QED) is 0.359. The van der Waals surface area contributed by atoms with Gasteiger partial charge >= 0.3 is 5.97 Å². The van der Waals surface area contributed by atoms with E-state index in [9.17, 15) is 19.6 Å². The molecule has 0 aromatic heterocycles. The van der Waals surface area contributed by atoms with Gasteiger partial charge in [0.25, 0.3) is 0 Å². The van der Waals surface area contributed by atoms with E-state index in [1.165, 1.54) is 12.1 Å². The lowest BCUT2D eigenvalue weighted by atomic mass is 9.78. The van der Waals surface area contributed by atoms with Gasteiger partial charge < -0.3 is 20.1 Å². The van der Waals surface area contributed by atoms with Gasteiger partial charge in [-0.25, -0.2) is 0 Å². The molecule has 0 fully saturated rings. The molecule has 0 spiro atoms. The maximum Gasteiger partial charge on any atom is 0.319 e. The molecular formula is C25H23Cl2N3O5S. The first-order valence-corrected chi connectivity index (χ1v) is 12.6. The van der Waals surface area contributed by atoms with Gasteiger partial charge in [0.2, 0.25) is 11.8 Å². The van der Waals surface area contributed by atoms with E-state index in [0.717, 1.165) is 24.4 Å². The van der Waals surface area contributed by atoms with Gasteiger partial charge in [-0.05, 0) is 43.2 Å². The normalized spacial score (nSPS) is 17.2. The Hall–Kier alpha value is -3.19. The number of hydrogen-bond acceptors (Lipinski definition) is 7. The van der Waals surface area contributed by atoms with E-state index in [1.54, 1.807) is 19.1 Å². The first-order chi connectivity index (χ1) is 17.2. The van der Waals surface area contributed by atoms with E-state index in [4.69, 9.17) is 32.7 Å². The average molecular weight is 548 g/mol. The highest BCUT2D eigenvalue weighted by atomic mass is 35.5. The summed E-state index contributed by atoms with van der Waals surface area (Å²) < 4.78 is 10.3. The van der Waals surface area contributed by atoms with E-state index in [1.807, 2.05) is 19.1 Å². The number of nitrogens with zero attached hydrogens (tertiary/aromatic N) is 1. The number of para-hydroxylation sites is 1. The molecule has 1 heterocycles. The van der Waals surface area contributed by atoms with Gasteiger partial charge in [0.1, 0.15) is 5.92 Å². The number of amides is 2. The van der Waals surface area contributed by atoms with Crippen LogP contribution in [0.1, 0.15) is 24.0 Å². The van der Waals surface area contributed by atoms with E-state index in [2.05, 4.69) is 16.7 Å². The molecule has 2 aromatic carbocycles. The number of ether oxygens (including phenoxy) is 2. The van der Waals surface area contributed by atoms with Crippen LogP contribution in [-0.4, -0.2) is 37.3 Å². The number of carbonyl (C=O) groups excluding carboxylic acids is 3. The topological polar surface area (TPSA) is 118 Å². The Labute approximate surface area is 222 Å². The highest BCUT2D eigenvalue weighted by Crippen LogP contribution is 2.44. The minimum atomic E-state index is -1.36. The molecule has 2 amide bonds. The summed E-state index contributed by atoms with van der Waals surface area (Å²) in [5, 5.41) is 15.9. The van der Waals surface area contributed by atoms with E-state index in [0.29, 0.717) is 17.9 Å². The van der Waals surface area contributed by atoms with Crippen LogP contribution >= 0.6 is 35.0 Å². The molecule has 3 rings (SSSR count). The van der Waals surface area contributed by atoms with Crippen LogP contribution in [-0.2, 0) is 19.1 Å². The lowest BCUT2D eigenvalue weighted by Crippen LogP contribution is -2.44. The molecule has 188 valence electrons. The van der Waals surface area contributed by atoms with Crippen LogP contribution in [0.25, 0.3) is 0 Å². The summed E-state index contributed by atoms with van der Waals surface area (Å²) in [6.45, 7) is 3.96. The number of nitriles is 1. The van der Waals surface area contributed by atoms with Crippen LogP contribution in [0.2, 0.25) is 10.0 Å². The third-order valence-corrected chi connectivity index (χ3v) is 7.00. The smallest absolute Gasteiger partial charge is 0.319 e. The van der Waals surface area contributed by atoms with Gasteiger partial charge in [-0.2, -0.15) is 5.26 Å². The molecule has 2 aromatic rings. The maximum absolute atomic E-state index is 13.0. The summed E-state index contributed by atoms with van der Waals surface area (Å²) in [4.78, 5) is 38.2. The Morgan fingerprint density at radius 1 is 1.22 bits per heavy atom. The Balaban J connectivity index is 1.98. The summed E-state index contributed by atoms with van der Waals surface area (Å²) in [5.74, 6) is -4.06. The van der Waals surface area contributed by atoms with Crippen molar-refractivity contribution in [2.24, 2.45) is 5.92 Å². The summed E-state index contributed by atoms with van der Waals surface area (Å²) in [6, 6.07) is 12.4. The van der Waals surface area contributed by atoms with Crippen molar-refractivity contribution in [3.8, 4) is 11.8 Å². The van der Waals surface area contributed by atoms with Crippen molar-refractivity contribution in [1.29, 1.82) is 5.26 Å². The van der Waals surface area contributed by atoms with Crippen LogP contribution < -0.4 is 15.4 Å². The fourth-order valence-corrected chi connectivity index (χ4v) is 5.22. The van der Waals surface area contributed by atoms with Gasteiger partial charge in [-0.15, -0.1) is 0 Å². The summed E-state index contributed by atoms with van der Waals surface area (Å²) in [6.07, 6.45) is 0. The molecule has 2 atom stereocenters. The van der Waals surface area contributed by atoms with Crippen molar-refractivity contribution in [2.45, 2.75) is 19.8 Å². The fourth-order valence-electron chi connectivity index (χ4n) is 3.76. The predicted molar refractivity (Wildman–Crippen MR) is 139 cm³/mol. The molecule has 0 bridgehead atoms. The lowest BCUT2D eigenvalue weighted by Gasteiger charge is -2.31. The highest BCUT2D eigenvalue weighted by molar-refractivity contribution is 8.03. The number of rotatable bonds is 8. The van der Waals surface area contributed by atoms with Gasteiger partial charge in [0.15, 0.2) is 5.75 Å². The SMILES string of the molecule is CCOc1c(Cl)cc([C@@H]2C(C#N)=C(SCC(=O)Nc3ccccc3C)NC(=O)[C@H]2C(=O)OC)cc1Cl. The van der Waals surface area contributed by atoms with Crippen molar-refractivity contribution < 1.29 is 23.9 Å². The molecular weight excluding hydrogens is 525 g/mol. The Morgan fingerprint density at radius 3 is 2.47 bits per heavy atom. The Bertz CT molecular complexity index is 1250. The number of anilines is 1. The van der Waals surface area contributed by atoms with Crippen LogP contribution in [0.3, 0.4) is 0 Å². The second-order valence-corrected chi connectivity index (χ2v) is 9.52. The molecule has 0 unspecified atom stereocenters. The average Bonchev–Trinajstić information content (AvgIpc) is 2.85. The Morgan fingerprint density at radius 2 is 1.89 bits per heavy atom. The third-order valence-electron chi connectivity index (χ3n) is 5.42. The summed E-state index contributed by atoms with van der Waals surface area (Å²) in [5.41, 5.74) is 1.99. The van der Waals surface area contributed by atoms with E-state index >= 15 is 0 Å². The molecule has 1 aliphatic heterocycles. The first-order valence-electron chi connectivity index (χ1n) is 10.8. The van der Waals surface area contributed by atoms with Crippen molar-refractivity contribution in [2.75, 3.05) is 24.8 Å². The van der Waals surface area contributed by atoms with Crippen molar-refractivity contribution in [3.63, 3.8) is 0 Å². The maximum atomic E-state index is 13.0. The number of esters is 1. The largest absolute Gasteiger partial charge is 0.491 e. The van der Waals surface area contributed by atoms with Crippen molar-refractivity contribution >= 4 is 58.4 Å². The first kappa shape index (κ1) is 27.4. The lowest BCUT2D eigenvalue weighted by molar-refractivity contribution is -0.150. The number of benzene rings is 2. The van der Waals surface area contributed by atoms with E-state index < -0.39 is 23.7 Å². The second kappa shape index (κ2) is 12.2. The van der Waals surface area contributed by atoms with Crippen LogP contribution in [0.4, 0.5) is 5.69 Å². The predicted octanol–water partition coefficient (Wildman–Crippen LogP) is 4.81. The molecule has 1 aliphatic rings. The number of methoxy groups -OCH3 is 1. The van der Waals surface area contributed by atoms with Crippen LogP contribution in [0.5, 0.6) is 5.75 Å². The molecule has 2 N–H and O–H groups in total. The van der Waals surface area contributed by atoms with Gasteiger partial charge in [0.05, 0.1) is 46.2 Å². The number of thioether (sulfide) groups is 1. The van der Waals surface area contributed by atoms with Gasteiger partial charge in [-0.1, -0.05) is 53.2 Å². The number of allylic oxidation sites excluding steroid dienone is 1. The molecule has 0 aliphatic carbocycles. The second-order valence-electron chi connectivity index (χ2n) is 7.72. The van der Waals surface area contributed by atoms with Crippen LogP contribution in [0, 0.1) is 24.2 Å². The number of hydrogen-bond donors (Lipinski definition) is 2. The molecule has 11 heteroatoms. The van der Waals surface area contributed by atoms with E-state index in [-0.39, 0.29) is 38.1 Å². The van der Waals surface area contributed by atoms with Crippen LogP contribution in [0.15, 0.2) is 47.0 Å². The minimum Gasteiger partial charge on any atom is -0.491 e. The van der Waals surface area contributed by atoms with Gasteiger partial charge in [-0.3, -0.25) is 14.4 Å². The summed E-state index contributed by atoms with van der Waals surface area (Å²) in [7, 11) is 1.15. The summed E-state index contributed by atoms with van der Waals surface area (Å²) >= 11 is 13.7. The zero-order chi connectivity index (χ0) is 26.4. The Kier molecular flexibility index (Phi) is 9.26. The number of aryl methyl sites for hydroxylation is 1. The standard InChI is InChI=1S/C25H23Cl2N3O5S/c1-4-35-22-16(26)9-14(10-17(22)27)20-15(11-28)24(30-23(32)21(20)25(33)34-3)36-12-19(31)29-18-8-6-5-7-13(18)2/h5-10,20-21H,4,12H2,1-3H3,(H,29,31)(H,30,32)/t20-,21+/m1/s1. The van der Waals surface area contributed by atoms with Crippen molar-refractivity contribution in [1.82, 2.24) is 5.32 Å². The van der Waals surface area contributed by atoms with Crippen molar-refractivity contribution in [3.05, 3.63) is 68.2 Å². The third kappa shape index (κ3) is 5.95. The monoisotopic (exact) mass is 547 g/mol. The molecule has 0 radical (unpaired) electrons. The molecule has 0 saturated carbocycles. The number of halogens is 2. The fraction of sp³-hybridized carbons (Fsp3) is 0.280. The number of nitrogens with one attached hydrogen (secondary N) is 2. The zero-order valence-electron chi connectivity index (χ0n) is 19.7. The number of carbonyl (C=O) groups is 3. The molecule has 0 saturated heterocycles. The molecule has 36 heavy (non-hydrogen) atoms. The van der Waals surface area contributed by atoms with Gasteiger partial charge in [0, 0.05) is 11.6 Å². The molecule has 8 nitrogen and oxygen atoms in total. The minimum absolute atomic E-state index is 0.0787. The highest BCUT2D eigenvalue weighted by Gasteiger charge is 2.44.